The molecule has 0 aliphatic heterocycles. The molecule has 0 fully saturated rings. The Morgan fingerprint density at radius 2 is 1.95 bits per heavy atom. The van der Waals surface area contributed by atoms with Crippen LogP contribution in [0.1, 0.15) is 17.2 Å². The Bertz CT molecular complexity index is 593. The van der Waals surface area contributed by atoms with Gasteiger partial charge >= 0.3 is 0 Å². The molecule has 1 N–H and O–H groups in total. The van der Waals surface area contributed by atoms with E-state index in [0.29, 0.717) is 11.6 Å². The van der Waals surface area contributed by atoms with Gasteiger partial charge in [-0.15, -0.1) is 0 Å². The van der Waals surface area contributed by atoms with Gasteiger partial charge in [-0.3, -0.25) is 5.32 Å². The standard InChI is InChI=1S/C15H12BrClN2/c16-13-8-12(6-7-14(13)17)15(9-18)19-10-11-4-2-1-3-5-11/h1-8,15,19H,10H2. The molecule has 0 saturated heterocycles. The van der Waals surface area contributed by atoms with Gasteiger partial charge in [-0.05, 0) is 39.2 Å². The molecule has 0 bridgehead atoms. The maximum atomic E-state index is 9.26. The van der Waals surface area contributed by atoms with Crippen molar-refractivity contribution in [3.05, 3.63) is 69.2 Å². The summed E-state index contributed by atoms with van der Waals surface area (Å²) in [5, 5.41) is 13.1. The molecule has 2 nitrogen and oxygen atoms in total. The summed E-state index contributed by atoms with van der Waals surface area (Å²) in [6, 6.07) is 17.4. The van der Waals surface area contributed by atoms with Gasteiger partial charge in [0.05, 0.1) is 11.1 Å². The predicted molar refractivity (Wildman–Crippen MR) is 80.8 cm³/mol. The smallest absolute Gasteiger partial charge is 0.121 e. The number of hydrogen-bond donors (Lipinski definition) is 1. The topological polar surface area (TPSA) is 35.8 Å². The van der Waals surface area contributed by atoms with Crippen molar-refractivity contribution >= 4 is 27.5 Å². The fraction of sp³-hybridized carbons (Fsp3) is 0.133. The molecule has 2 aromatic rings. The zero-order valence-corrected chi connectivity index (χ0v) is 12.4. The average Bonchev–Trinajstić information content (AvgIpc) is 2.44. The molecule has 2 aromatic carbocycles. The van der Waals surface area contributed by atoms with Gasteiger partial charge in [0.25, 0.3) is 0 Å². The normalized spacial score (nSPS) is 11.8. The van der Waals surface area contributed by atoms with E-state index < -0.39 is 0 Å². The molecule has 0 aromatic heterocycles. The van der Waals surface area contributed by atoms with Gasteiger partial charge in [0, 0.05) is 11.0 Å². The fourth-order valence-electron chi connectivity index (χ4n) is 1.75. The number of nitrogens with one attached hydrogen (secondary N) is 1. The van der Waals surface area contributed by atoms with Gasteiger partial charge < -0.3 is 0 Å². The summed E-state index contributed by atoms with van der Waals surface area (Å²) in [7, 11) is 0. The maximum Gasteiger partial charge on any atom is 0.121 e. The summed E-state index contributed by atoms with van der Waals surface area (Å²) in [6.07, 6.45) is 0. The highest BCUT2D eigenvalue weighted by Gasteiger charge is 2.11. The number of benzene rings is 2. The zero-order valence-electron chi connectivity index (χ0n) is 10.1. The average molecular weight is 336 g/mol. The van der Waals surface area contributed by atoms with E-state index in [0.717, 1.165) is 15.6 Å². The lowest BCUT2D eigenvalue weighted by atomic mass is 10.1. The minimum absolute atomic E-state index is 0.353. The van der Waals surface area contributed by atoms with Crippen LogP contribution in [0.5, 0.6) is 0 Å². The summed E-state index contributed by atoms with van der Waals surface area (Å²) < 4.78 is 0.799. The van der Waals surface area contributed by atoms with Crippen molar-refractivity contribution in [1.82, 2.24) is 5.32 Å². The molecule has 0 aliphatic carbocycles. The number of rotatable bonds is 4. The second-order valence-electron chi connectivity index (χ2n) is 4.10. The van der Waals surface area contributed by atoms with Crippen molar-refractivity contribution < 1.29 is 0 Å². The third-order valence-electron chi connectivity index (χ3n) is 2.76. The van der Waals surface area contributed by atoms with Crippen molar-refractivity contribution in [2.75, 3.05) is 0 Å². The monoisotopic (exact) mass is 334 g/mol. The Balaban J connectivity index is 2.08. The van der Waals surface area contributed by atoms with Gasteiger partial charge in [0.2, 0.25) is 0 Å². The van der Waals surface area contributed by atoms with Crippen molar-refractivity contribution in [2.24, 2.45) is 0 Å². The van der Waals surface area contributed by atoms with Crippen LogP contribution < -0.4 is 5.32 Å². The summed E-state index contributed by atoms with van der Waals surface area (Å²) >= 11 is 9.32. The summed E-state index contributed by atoms with van der Waals surface area (Å²) in [6.45, 7) is 0.652. The summed E-state index contributed by atoms with van der Waals surface area (Å²) in [5.74, 6) is 0. The van der Waals surface area contributed by atoms with Gasteiger partial charge in [0.1, 0.15) is 6.04 Å². The van der Waals surface area contributed by atoms with Crippen LogP contribution in [-0.2, 0) is 6.54 Å². The Labute approximate surface area is 126 Å². The first kappa shape index (κ1) is 14.1. The molecule has 0 radical (unpaired) electrons. The minimum Gasteiger partial charge on any atom is -0.294 e. The first-order valence-electron chi connectivity index (χ1n) is 5.82. The molecule has 0 aliphatic rings. The SMILES string of the molecule is N#CC(NCc1ccccc1)c1ccc(Cl)c(Br)c1. The molecule has 19 heavy (non-hydrogen) atoms. The predicted octanol–water partition coefficient (Wildman–Crippen LogP) is 4.46. The van der Waals surface area contributed by atoms with Gasteiger partial charge in [-0.25, -0.2) is 0 Å². The van der Waals surface area contributed by atoms with Crippen molar-refractivity contribution in [3.63, 3.8) is 0 Å². The van der Waals surface area contributed by atoms with Gasteiger partial charge in [-0.2, -0.15) is 5.26 Å². The van der Waals surface area contributed by atoms with E-state index in [1.165, 1.54) is 0 Å². The van der Waals surface area contributed by atoms with E-state index >= 15 is 0 Å². The van der Waals surface area contributed by atoms with E-state index in [4.69, 9.17) is 11.6 Å². The summed E-state index contributed by atoms with van der Waals surface area (Å²) in [4.78, 5) is 0. The summed E-state index contributed by atoms with van der Waals surface area (Å²) in [5.41, 5.74) is 2.05. The second kappa shape index (κ2) is 6.72. The highest BCUT2D eigenvalue weighted by molar-refractivity contribution is 9.10. The Hall–Kier alpha value is -1.34. The third-order valence-corrected chi connectivity index (χ3v) is 3.97. The van der Waals surface area contributed by atoms with Crippen LogP contribution in [-0.4, -0.2) is 0 Å². The van der Waals surface area contributed by atoms with Crippen LogP contribution in [0.2, 0.25) is 5.02 Å². The van der Waals surface area contributed by atoms with Gasteiger partial charge in [-0.1, -0.05) is 48.0 Å². The highest BCUT2D eigenvalue weighted by atomic mass is 79.9. The quantitative estimate of drug-likeness (QED) is 0.895. The number of nitrogens with zero attached hydrogens (tertiary/aromatic N) is 1. The lowest BCUT2D eigenvalue weighted by molar-refractivity contribution is 0.630. The third kappa shape index (κ3) is 3.81. The van der Waals surface area contributed by atoms with Crippen molar-refractivity contribution in [1.29, 1.82) is 5.26 Å². The first-order valence-corrected chi connectivity index (χ1v) is 6.99. The van der Waals surface area contributed by atoms with Crippen LogP contribution in [0.4, 0.5) is 0 Å². The van der Waals surface area contributed by atoms with Crippen LogP contribution in [0, 0.1) is 11.3 Å². The maximum absolute atomic E-state index is 9.26. The van der Waals surface area contributed by atoms with Crippen LogP contribution in [0.15, 0.2) is 53.0 Å². The lowest BCUT2D eigenvalue weighted by Crippen LogP contribution is -2.19. The molecule has 4 heteroatoms. The molecule has 1 unspecified atom stereocenters. The fourth-order valence-corrected chi connectivity index (χ4v) is 2.26. The van der Waals surface area contributed by atoms with Gasteiger partial charge in [0.15, 0.2) is 0 Å². The van der Waals surface area contributed by atoms with Crippen molar-refractivity contribution in [2.45, 2.75) is 12.6 Å². The number of nitriles is 1. The Kier molecular flexibility index (Phi) is 4.98. The lowest BCUT2D eigenvalue weighted by Gasteiger charge is -2.12. The molecular formula is C15H12BrClN2. The molecular weight excluding hydrogens is 324 g/mol. The minimum atomic E-state index is -0.353. The zero-order chi connectivity index (χ0) is 13.7. The largest absolute Gasteiger partial charge is 0.294 e. The van der Waals surface area contributed by atoms with Crippen LogP contribution >= 0.6 is 27.5 Å². The molecule has 0 amide bonds. The van der Waals surface area contributed by atoms with E-state index in [1.54, 1.807) is 6.07 Å². The Morgan fingerprint density at radius 1 is 1.21 bits per heavy atom. The van der Waals surface area contributed by atoms with E-state index in [1.807, 2.05) is 42.5 Å². The Morgan fingerprint density at radius 3 is 2.58 bits per heavy atom. The molecule has 96 valence electrons. The van der Waals surface area contributed by atoms with E-state index in [-0.39, 0.29) is 6.04 Å². The van der Waals surface area contributed by atoms with Crippen LogP contribution in [0.3, 0.4) is 0 Å². The van der Waals surface area contributed by atoms with E-state index in [9.17, 15) is 5.26 Å². The molecule has 2 rings (SSSR count). The van der Waals surface area contributed by atoms with Crippen molar-refractivity contribution in [3.8, 4) is 6.07 Å². The van der Waals surface area contributed by atoms with E-state index in [2.05, 4.69) is 27.3 Å². The molecule has 1 atom stereocenters. The first-order chi connectivity index (χ1) is 9.20. The number of halogens is 2. The molecule has 0 saturated carbocycles. The molecule has 0 heterocycles. The highest BCUT2D eigenvalue weighted by Crippen LogP contribution is 2.26. The second-order valence-corrected chi connectivity index (χ2v) is 5.36. The molecule has 0 spiro atoms. The number of hydrogen-bond acceptors (Lipinski definition) is 2. The van der Waals surface area contributed by atoms with Crippen LogP contribution in [0.25, 0.3) is 0 Å².